The van der Waals surface area contributed by atoms with E-state index < -0.39 is 53.3 Å². The standard InChI is InChI=1S/C36H33F6NO4/c1-33-20-29(22-6-4-21(5-7-22)3-2-18-47-32(45)43-25-11-9-24(37)10-12-25)31-27-15-13-26(44)19-23(27)8-14-28(31)30(33)16-17-34(33,46)35(38,39)36(40,41)42/h4-7,9-12,19,28-30,46H,8,13-18,20H2,1H3,(H,43,45)/t28?,29-,30?,33+,34+/m1/s1. The monoisotopic (exact) mass is 657 g/mol. The number of aliphatic hydroxyl groups is 1. The van der Waals surface area contributed by atoms with Crippen molar-refractivity contribution in [2.75, 3.05) is 11.9 Å². The number of ether oxygens (including phenoxy) is 1. The van der Waals surface area contributed by atoms with Crippen molar-refractivity contribution in [3.05, 3.63) is 88.3 Å². The maximum Gasteiger partial charge on any atom is 0.456 e. The van der Waals surface area contributed by atoms with Crippen LogP contribution in [-0.4, -0.2) is 41.3 Å². The minimum Gasteiger partial charge on any atom is -0.436 e. The molecule has 11 heteroatoms. The molecule has 4 aliphatic rings. The van der Waals surface area contributed by atoms with Crippen LogP contribution in [0.1, 0.15) is 68.9 Å². The third-order valence-corrected chi connectivity index (χ3v) is 10.7. The van der Waals surface area contributed by atoms with Crippen LogP contribution in [0.4, 0.5) is 36.8 Å². The van der Waals surface area contributed by atoms with Gasteiger partial charge in [-0.05, 0) is 110 Å². The van der Waals surface area contributed by atoms with Gasteiger partial charge in [-0.3, -0.25) is 10.1 Å². The number of anilines is 1. The Hall–Kier alpha value is -4.04. The van der Waals surface area contributed by atoms with E-state index in [0.29, 0.717) is 42.5 Å². The smallest absolute Gasteiger partial charge is 0.436 e. The summed E-state index contributed by atoms with van der Waals surface area (Å²) < 4.78 is 89.8. The first kappa shape index (κ1) is 32.9. The van der Waals surface area contributed by atoms with Crippen LogP contribution in [0.25, 0.3) is 0 Å². The number of hydrogen-bond acceptors (Lipinski definition) is 4. The second-order valence-corrected chi connectivity index (χ2v) is 13.1. The fourth-order valence-corrected chi connectivity index (χ4v) is 8.44. The highest BCUT2D eigenvalue weighted by atomic mass is 19.4. The molecule has 2 N–H and O–H groups in total. The summed E-state index contributed by atoms with van der Waals surface area (Å²) in [5.41, 5.74) is -0.534. The lowest BCUT2D eigenvalue weighted by Gasteiger charge is -2.56. The molecule has 2 unspecified atom stereocenters. The number of amides is 1. The largest absolute Gasteiger partial charge is 0.456 e. The van der Waals surface area contributed by atoms with E-state index in [9.17, 15) is 32.3 Å². The number of rotatable bonds is 4. The SMILES string of the molecule is C[C@]12C[C@H](c3ccc(C#CCOC(=O)Nc4ccc(F)cc4)cc3)C3=C4CCC(=O)C=C4CCC3C1CC[C@@]2(O)C(F)(F)C(F)(F)F. The van der Waals surface area contributed by atoms with E-state index >= 15 is 8.78 Å². The number of ketones is 1. The summed E-state index contributed by atoms with van der Waals surface area (Å²) in [5, 5.41) is 13.9. The van der Waals surface area contributed by atoms with Crippen molar-refractivity contribution >= 4 is 17.6 Å². The Kier molecular flexibility index (Phi) is 8.32. The first-order valence-electron chi connectivity index (χ1n) is 15.6. The van der Waals surface area contributed by atoms with Crippen molar-refractivity contribution in [3.8, 4) is 11.8 Å². The number of benzene rings is 2. The molecule has 0 heterocycles. The lowest BCUT2D eigenvalue weighted by Crippen LogP contribution is -2.65. The first-order chi connectivity index (χ1) is 22.1. The zero-order valence-corrected chi connectivity index (χ0v) is 25.5. The zero-order chi connectivity index (χ0) is 33.8. The molecule has 0 radical (unpaired) electrons. The molecule has 6 rings (SSSR count). The summed E-state index contributed by atoms with van der Waals surface area (Å²) in [7, 11) is 0. The Morgan fingerprint density at radius 2 is 1.72 bits per heavy atom. The molecule has 0 spiro atoms. The number of alkyl halides is 5. The molecular weight excluding hydrogens is 624 g/mol. The number of allylic oxidation sites excluding steroid dienone is 4. The van der Waals surface area contributed by atoms with Gasteiger partial charge in [0.25, 0.3) is 0 Å². The van der Waals surface area contributed by atoms with E-state index in [0.717, 1.165) is 16.7 Å². The third kappa shape index (κ3) is 5.64. The van der Waals surface area contributed by atoms with E-state index in [1.807, 2.05) is 0 Å². The van der Waals surface area contributed by atoms with Crippen LogP contribution in [-0.2, 0) is 9.53 Å². The highest BCUT2D eigenvalue weighted by Gasteiger charge is 2.79. The average molecular weight is 658 g/mol. The first-order valence-corrected chi connectivity index (χ1v) is 15.6. The number of carbonyl (C=O) groups excluding carboxylic acids is 2. The molecule has 5 atom stereocenters. The van der Waals surface area contributed by atoms with Crippen molar-refractivity contribution in [2.45, 2.75) is 75.5 Å². The molecular formula is C36H33F6NO4. The fraction of sp³-hybridized carbons (Fsp3) is 0.444. The molecule has 4 aliphatic carbocycles. The van der Waals surface area contributed by atoms with Gasteiger partial charge >= 0.3 is 18.2 Å². The third-order valence-electron chi connectivity index (χ3n) is 10.7. The summed E-state index contributed by atoms with van der Waals surface area (Å²) in [5.74, 6) is -1.58. The zero-order valence-electron chi connectivity index (χ0n) is 25.5. The van der Waals surface area contributed by atoms with Crippen LogP contribution < -0.4 is 5.32 Å². The molecule has 2 fully saturated rings. The number of hydrogen-bond donors (Lipinski definition) is 2. The highest BCUT2D eigenvalue weighted by molar-refractivity contribution is 5.93. The number of halogens is 6. The molecule has 0 aromatic heterocycles. The summed E-state index contributed by atoms with van der Waals surface area (Å²) in [6, 6.07) is 12.0. The van der Waals surface area contributed by atoms with E-state index in [-0.39, 0.29) is 31.1 Å². The van der Waals surface area contributed by atoms with Crippen molar-refractivity contribution in [1.82, 2.24) is 0 Å². The second kappa shape index (κ2) is 11.9. The Bertz CT molecular complexity index is 1700. The second-order valence-electron chi connectivity index (χ2n) is 13.1. The summed E-state index contributed by atoms with van der Waals surface area (Å²) in [6.07, 6.45) is -3.96. The van der Waals surface area contributed by atoms with Gasteiger partial charge in [0.05, 0.1) is 0 Å². The van der Waals surface area contributed by atoms with E-state index in [2.05, 4.69) is 17.2 Å². The van der Waals surface area contributed by atoms with Gasteiger partial charge in [-0.1, -0.05) is 36.5 Å². The van der Waals surface area contributed by atoms with Gasteiger partial charge in [0.1, 0.15) is 11.4 Å². The molecule has 47 heavy (non-hydrogen) atoms. The Balaban J connectivity index is 1.27. The average Bonchev–Trinajstić information content (AvgIpc) is 3.31. The lowest BCUT2D eigenvalue weighted by molar-refractivity contribution is -0.362. The highest BCUT2D eigenvalue weighted by Crippen LogP contribution is 2.70. The van der Waals surface area contributed by atoms with Gasteiger partial charge in [0, 0.05) is 29.0 Å². The van der Waals surface area contributed by atoms with Crippen LogP contribution in [0.5, 0.6) is 0 Å². The lowest BCUT2D eigenvalue weighted by atomic mass is 9.50. The van der Waals surface area contributed by atoms with Crippen LogP contribution in [0, 0.1) is 34.9 Å². The van der Waals surface area contributed by atoms with E-state index in [1.54, 1.807) is 30.3 Å². The predicted octanol–water partition coefficient (Wildman–Crippen LogP) is 8.25. The van der Waals surface area contributed by atoms with Crippen molar-refractivity contribution in [2.24, 2.45) is 17.3 Å². The molecule has 248 valence electrons. The Labute approximate surface area is 268 Å². The number of carbonyl (C=O) groups is 2. The summed E-state index contributed by atoms with van der Waals surface area (Å²) in [4.78, 5) is 24.2. The molecule has 0 saturated heterocycles. The number of fused-ring (bicyclic) bond motifs is 4. The van der Waals surface area contributed by atoms with Crippen LogP contribution in [0.15, 0.2) is 71.3 Å². The van der Waals surface area contributed by atoms with Gasteiger partial charge in [-0.15, -0.1) is 0 Å². The maximum absolute atomic E-state index is 15.2. The minimum atomic E-state index is -5.91. The van der Waals surface area contributed by atoms with Crippen LogP contribution in [0.2, 0.25) is 0 Å². The quantitative estimate of drug-likeness (QED) is 0.257. The molecule has 2 aromatic carbocycles. The molecule has 1 amide bonds. The maximum atomic E-state index is 15.2. The Morgan fingerprint density at radius 1 is 1.02 bits per heavy atom. The Morgan fingerprint density at radius 3 is 2.40 bits per heavy atom. The van der Waals surface area contributed by atoms with E-state index in [1.165, 1.54) is 31.2 Å². The van der Waals surface area contributed by atoms with Crippen LogP contribution in [0.3, 0.4) is 0 Å². The van der Waals surface area contributed by atoms with E-state index in [4.69, 9.17) is 4.74 Å². The van der Waals surface area contributed by atoms with Crippen molar-refractivity contribution in [1.29, 1.82) is 0 Å². The predicted molar refractivity (Wildman–Crippen MR) is 161 cm³/mol. The summed E-state index contributed by atoms with van der Waals surface area (Å²) in [6.45, 7) is 1.15. The van der Waals surface area contributed by atoms with Gasteiger partial charge in [0.2, 0.25) is 0 Å². The molecule has 2 aromatic rings. The number of nitrogens with one attached hydrogen (secondary N) is 1. The van der Waals surface area contributed by atoms with Gasteiger partial charge < -0.3 is 9.84 Å². The van der Waals surface area contributed by atoms with Crippen LogP contribution >= 0.6 is 0 Å². The van der Waals surface area contributed by atoms with Gasteiger partial charge in [0.15, 0.2) is 12.4 Å². The molecule has 2 saturated carbocycles. The molecule has 0 bridgehead atoms. The van der Waals surface area contributed by atoms with Gasteiger partial charge in [-0.25, -0.2) is 9.18 Å². The fourth-order valence-electron chi connectivity index (χ4n) is 8.44. The minimum absolute atomic E-state index is 0.0138. The summed E-state index contributed by atoms with van der Waals surface area (Å²) >= 11 is 0. The van der Waals surface area contributed by atoms with Crippen molar-refractivity contribution < 1.29 is 45.8 Å². The van der Waals surface area contributed by atoms with Gasteiger partial charge in [-0.2, -0.15) is 22.0 Å². The van der Waals surface area contributed by atoms with Crippen molar-refractivity contribution in [3.63, 3.8) is 0 Å². The topological polar surface area (TPSA) is 75.6 Å². The molecule has 5 nitrogen and oxygen atoms in total. The molecule has 0 aliphatic heterocycles. The normalized spacial score (nSPS) is 28.7.